The molecule has 25 heavy (non-hydrogen) atoms. The molecule has 0 aliphatic heterocycles. The zero-order valence-corrected chi connectivity index (χ0v) is 14.4. The number of sulfonamides is 1. The van der Waals surface area contributed by atoms with E-state index in [1.165, 1.54) is 30.5 Å². The van der Waals surface area contributed by atoms with Gasteiger partial charge in [-0.15, -0.1) is 0 Å². The summed E-state index contributed by atoms with van der Waals surface area (Å²) in [5.74, 6) is -0.0224. The van der Waals surface area contributed by atoms with Gasteiger partial charge in [0.25, 0.3) is 10.0 Å². The van der Waals surface area contributed by atoms with E-state index in [1.807, 2.05) is 0 Å². The van der Waals surface area contributed by atoms with Crippen LogP contribution in [0.1, 0.15) is 0 Å². The minimum atomic E-state index is -3.77. The molecular formula is C17H13ClFN3O2S. The van der Waals surface area contributed by atoms with Crippen LogP contribution >= 0.6 is 11.6 Å². The van der Waals surface area contributed by atoms with Gasteiger partial charge in [-0.3, -0.25) is 4.72 Å². The highest BCUT2D eigenvalue weighted by Crippen LogP contribution is 2.21. The molecule has 0 saturated carbocycles. The van der Waals surface area contributed by atoms with Crippen LogP contribution in [0.25, 0.3) is 0 Å². The number of anilines is 3. The summed E-state index contributed by atoms with van der Waals surface area (Å²) < 4.78 is 40.6. The number of nitrogens with one attached hydrogen (secondary N) is 2. The number of pyridine rings is 1. The second-order valence-corrected chi connectivity index (χ2v) is 7.22. The van der Waals surface area contributed by atoms with Crippen molar-refractivity contribution in [3.63, 3.8) is 0 Å². The normalized spacial score (nSPS) is 11.1. The standard InChI is InChI=1S/C17H13ClFN3O2S/c18-12-4-3-5-14(10-12)25(23,24)22-13-8-9-17(20-11-13)21-16-7-2-1-6-15(16)19/h1-11,22H,(H,20,21). The minimum absolute atomic E-state index is 0.0496. The molecular weight excluding hydrogens is 365 g/mol. The van der Waals surface area contributed by atoms with Crippen molar-refractivity contribution in [2.24, 2.45) is 0 Å². The van der Waals surface area contributed by atoms with Crippen LogP contribution in [0.3, 0.4) is 0 Å². The highest BCUT2D eigenvalue weighted by Gasteiger charge is 2.14. The van der Waals surface area contributed by atoms with E-state index in [0.29, 0.717) is 10.8 Å². The molecule has 3 aromatic rings. The van der Waals surface area contributed by atoms with Gasteiger partial charge >= 0.3 is 0 Å². The van der Waals surface area contributed by atoms with Gasteiger partial charge in [-0.1, -0.05) is 29.8 Å². The van der Waals surface area contributed by atoms with Crippen LogP contribution in [0.5, 0.6) is 0 Å². The number of halogens is 2. The zero-order valence-electron chi connectivity index (χ0n) is 12.8. The van der Waals surface area contributed by atoms with E-state index in [4.69, 9.17) is 11.6 Å². The maximum Gasteiger partial charge on any atom is 0.261 e. The minimum Gasteiger partial charge on any atom is -0.338 e. The fourth-order valence-corrected chi connectivity index (χ4v) is 3.42. The van der Waals surface area contributed by atoms with Crippen LogP contribution in [0.4, 0.5) is 21.6 Å². The second-order valence-electron chi connectivity index (χ2n) is 5.10. The highest BCUT2D eigenvalue weighted by molar-refractivity contribution is 7.92. The molecule has 0 aliphatic rings. The molecule has 8 heteroatoms. The van der Waals surface area contributed by atoms with Gasteiger partial charge < -0.3 is 5.32 Å². The van der Waals surface area contributed by atoms with Crippen LogP contribution < -0.4 is 10.0 Å². The van der Waals surface area contributed by atoms with Gasteiger partial charge in [0, 0.05) is 5.02 Å². The fraction of sp³-hybridized carbons (Fsp3) is 0. The molecule has 0 atom stereocenters. The molecule has 0 fully saturated rings. The van der Waals surface area contributed by atoms with Gasteiger partial charge in [0.2, 0.25) is 0 Å². The molecule has 0 aliphatic carbocycles. The molecule has 0 amide bonds. The zero-order chi connectivity index (χ0) is 17.9. The van der Waals surface area contributed by atoms with Gasteiger partial charge in [-0.25, -0.2) is 17.8 Å². The molecule has 128 valence electrons. The summed E-state index contributed by atoms with van der Waals surface area (Å²) in [6, 6.07) is 15.2. The number of para-hydroxylation sites is 1. The molecule has 0 unspecified atom stereocenters. The Morgan fingerprint density at radius 3 is 2.48 bits per heavy atom. The molecule has 0 spiro atoms. The van der Waals surface area contributed by atoms with Gasteiger partial charge in [0.05, 0.1) is 22.5 Å². The van der Waals surface area contributed by atoms with Crippen molar-refractivity contribution in [3.8, 4) is 0 Å². The quantitative estimate of drug-likeness (QED) is 0.690. The third-order valence-corrected chi connectivity index (χ3v) is 4.87. The van der Waals surface area contributed by atoms with Crippen LogP contribution in [-0.2, 0) is 10.0 Å². The van der Waals surface area contributed by atoms with Crippen LogP contribution in [0, 0.1) is 5.82 Å². The SMILES string of the molecule is O=S(=O)(Nc1ccc(Nc2ccccc2F)nc1)c1cccc(Cl)c1. The Kier molecular flexibility index (Phi) is 4.87. The number of hydrogen-bond acceptors (Lipinski definition) is 4. The molecule has 2 N–H and O–H groups in total. The molecule has 3 rings (SSSR count). The Morgan fingerprint density at radius 1 is 1.00 bits per heavy atom. The van der Waals surface area contributed by atoms with Crippen molar-refractivity contribution in [2.75, 3.05) is 10.0 Å². The first-order valence-electron chi connectivity index (χ1n) is 7.20. The Labute approximate surface area is 149 Å². The summed E-state index contributed by atoms with van der Waals surface area (Å²) in [6.07, 6.45) is 1.34. The van der Waals surface area contributed by atoms with Crippen LogP contribution in [0.15, 0.2) is 71.8 Å². The second kappa shape index (κ2) is 7.08. The van der Waals surface area contributed by atoms with Gasteiger partial charge in [-0.2, -0.15) is 0 Å². The summed E-state index contributed by atoms with van der Waals surface area (Å²) >= 11 is 5.82. The highest BCUT2D eigenvalue weighted by atomic mass is 35.5. The molecule has 5 nitrogen and oxygen atoms in total. The Morgan fingerprint density at radius 2 is 1.80 bits per heavy atom. The van der Waals surface area contributed by atoms with Crippen molar-refractivity contribution in [1.82, 2.24) is 4.98 Å². The molecule has 1 heterocycles. The lowest BCUT2D eigenvalue weighted by Crippen LogP contribution is -2.13. The lowest BCUT2D eigenvalue weighted by atomic mass is 10.3. The third-order valence-electron chi connectivity index (χ3n) is 3.26. The average molecular weight is 378 g/mol. The van der Waals surface area contributed by atoms with Gasteiger partial charge in [0.1, 0.15) is 11.6 Å². The first-order valence-corrected chi connectivity index (χ1v) is 9.06. The van der Waals surface area contributed by atoms with Gasteiger partial charge in [-0.05, 0) is 42.5 Å². The van der Waals surface area contributed by atoms with Crippen LogP contribution in [0.2, 0.25) is 5.02 Å². The van der Waals surface area contributed by atoms with E-state index in [2.05, 4.69) is 15.0 Å². The maximum atomic E-state index is 13.6. The van der Waals surface area contributed by atoms with E-state index >= 15 is 0 Å². The number of nitrogens with zero attached hydrogens (tertiary/aromatic N) is 1. The summed E-state index contributed by atoms with van der Waals surface area (Å²) in [5, 5.41) is 3.15. The molecule has 1 aromatic heterocycles. The average Bonchev–Trinajstić information content (AvgIpc) is 2.58. The summed E-state index contributed by atoms with van der Waals surface area (Å²) in [4.78, 5) is 4.13. The van der Waals surface area contributed by atoms with E-state index in [0.717, 1.165) is 0 Å². The third kappa shape index (κ3) is 4.26. The van der Waals surface area contributed by atoms with Crippen molar-refractivity contribution in [2.45, 2.75) is 4.90 Å². The van der Waals surface area contributed by atoms with E-state index in [9.17, 15) is 12.8 Å². The summed E-state index contributed by atoms with van der Waals surface area (Å²) in [7, 11) is -3.77. The first-order chi connectivity index (χ1) is 11.9. The molecule has 2 aromatic carbocycles. The predicted molar refractivity (Wildman–Crippen MR) is 96.2 cm³/mol. The lowest BCUT2D eigenvalue weighted by Gasteiger charge is -2.10. The largest absolute Gasteiger partial charge is 0.338 e. The number of aromatic nitrogens is 1. The van der Waals surface area contributed by atoms with Crippen molar-refractivity contribution in [3.05, 3.63) is 77.7 Å². The van der Waals surface area contributed by atoms with E-state index < -0.39 is 15.8 Å². The van der Waals surface area contributed by atoms with Crippen LogP contribution in [-0.4, -0.2) is 13.4 Å². The van der Waals surface area contributed by atoms with Gasteiger partial charge in [0.15, 0.2) is 0 Å². The molecule has 0 bridgehead atoms. The smallest absolute Gasteiger partial charge is 0.261 e. The predicted octanol–water partition coefficient (Wildman–Crippen LogP) is 4.42. The summed E-state index contributed by atoms with van der Waals surface area (Å²) in [5.41, 5.74) is 0.557. The Balaban J connectivity index is 1.75. The summed E-state index contributed by atoms with van der Waals surface area (Å²) in [6.45, 7) is 0. The Bertz CT molecular complexity index is 995. The number of hydrogen-bond donors (Lipinski definition) is 2. The molecule has 0 radical (unpaired) electrons. The monoisotopic (exact) mass is 377 g/mol. The van der Waals surface area contributed by atoms with E-state index in [-0.39, 0.29) is 16.3 Å². The topological polar surface area (TPSA) is 71.1 Å². The fourth-order valence-electron chi connectivity index (χ4n) is 2.08. The number of benzene rings is 2. The van der Waals surface area contributed by atoms with Crippen molar-refractivity contribution < 1.29 is 12.8 Å². The lowest BCUT2D eigenvalue weighted by molar-refractivity contribution is 0.601. The maximum absolute atomic E-state index is 13.6. The van der Waals surface area contributed by atoms with Crippen molar-refractivity contribution in [1.29, 1.82) is 0 Å². The Hall–Kier alpha value is -2.64. The van der Waals surface area contributed by atoms with E-state index in [1.54, 1.807) is 36.4 Å². The van der Waals surface area contributed by atoms with Crippen molar-refractivity contribution >= 4 is 38.8 Å². The molecule has 0 saturated heterocycles. The first kappa shape index (κ1) is 17.2. The number of rotatable bonds is 5.